The summed E-state index contributed by atoms with van der Waals surface area (Å²) >= 11 is 6.42. The fourth-order valence-corrected chi connectivity index (χ4v) is 17.7. The van der Waals surface area contributed by atoms with Crippen LogP contribution in [0.3, 0.4) is 0 Å². The second-order valence-corrected chi connectivity index (χ2v) is 31.9. The number of fused-ring (bicyclic) bond motifs is 2. The van der Waals surface area contributed by atoms with Crippen LogP contribution in [0.25, 0.3) is 0 Å². The lowest BCUT2D eigenvalue weighted by atomic mass is 9.78. The summed E-state index contributed by atoms with van der Waals surface area (Å²) in [5.41, 5.74) is -1.56. The molecule has 3 unspecified atom stereocenters. The Labute approximate surface area is 605 Å². The fourth-order valence-electron chi connectivity index (χ4n) is 17.1. The highest BCUT2D eigenvalue weighted by Crippen LogP contribution is 2.44. The van der Waals surface area contributed by atoms with Gasteiger partial charge in [-0.1, -0.05) is 91.9 Å². The van der Waals surface area contributed by atoms with Crippen molar-refractivity contribution in [2.75, 3.05) is 81.2 Å². The van der Waals surface area contributed by atoms with Crippen LogP contribution in [-0.4, -0.2) is 263 Å². The monoisotopic (exact) mass is 1460 g/mol. The van der Waals surface area contributed by atoms with Crippen LogP contribution in [0.5, 0.6) is 0 Å². The summed E-state index contributed by atoms with van der Waals surface area (Å²) in [5.74, 6) is -10.4. The van der Waals surface area contributed by atoms with Crippen LogP contribution < -0.4 is 21.3 Å². The van der Waals surface area contributed by atoms with E-state index in [9.17, 15) is 41.9 Å². The molecule has 8 fully saturated rings. The first-order valence-corrected chi connectivity index (χ1v) is 38.4. The van der Waals surface area contributed by atoms with Gasteiger partial charge in [-0.15, -0.1) is 11.6 Å². The standard InChI is InChI=1S/C73H116ClF3N12O13/c1-11-45(4)60-64(94)78-46(5)65(95)89-35-31-55(89)68(98)84(8)56(41-47-20-13-12-14-21-47)67(97)82(6)43-58(90)79-52(29-27-48-26-28-50(51(74)40-48)73(75,76)77)66(96)88-34-19-24-54(88)63(93)81-72(32-17-18-33-72)71(101)86(10)61(49-22-15-16-23-49)70(100)85(9)57(69(99)87-36-38-102-39-37-87)42-59(91)83(7)53(62(92)80-60)30-25-44(2)3/h44-57,60-61H,11-43H2,1-10H3,(H,78,94)(H,79,90)(H,80,92)(H,81,93)/t45-,46-,48?,50?,51?,52-,53-,54-,55-,56-,57-,60-,61-/m0/s1. The van der Waals surface area contributed by atoms with Crippen LogP contribution >= 0.6 is 11.6 Å². The minimum absolute atomic E-state index is 0.000770. The molecule has 0 radical (unpaired) electrons. The predicted molar refractivity (Wildman–Crippen MR) is 374 cm³/mol. The summed E-state index contributed by atoms with van der Waals surface area (Å²) in [4.78, 5) is 191. The Bertz CT molecular complexity index is 3000. The van der Waals surface area contributed by atoms with Crippen LogP contribution in [0.1, 0.15) is 202 Å². The molecule has 8 aliphatic rings. The molecule has 4 saturated carbocycles. The van der Waals surface area contributed by atoms with E-state index in [1.165, 1.54) is 81.4 Å². The first-order valence-electron chi connectivity index (χ1n) is 38.0. The van der Waals surface area contributed by atoms with Crippen molar-refractivity contribution >= 4 is 82.5 Å². The smallest absolute Gasteiger partial charge is 0.378 e. The van der Waals surface area contributed by atoms with E-state index in [2.05, 4.69) is 21.3 Å². The Morgan fingerprint density at radius 2 is 1.26 bits per heavy atom. The van der Waals surface area contributed by atoms with Crippen LogP contribution in [0.15, 0.2) is 0 Å². The minimum Gasteiger partial charge on any atom is -0.378 e. The van der Waals surface area contributed by atoms with Crippen LogP contribution in [0, 0.1) is 35.5 Å². The van der Waals surface area contributed by atoms with Gasteiger partial charge in [-0.3, -0.25) is 57.5 Å². The largest absolute Gasteiger partial charge is 0.393 e. The molecule has 1 spiro atoms. The van der Waals surface area contributed by atoms with E-state index < -0.39 is 173 Å². The maximum atomic E-state index is 15.7. The Hall–Kier alpha value is -6.32. The minimum atomic E-state index is -4.51. The molecule has 0 aromatic rings. The lowest BCUT2D eigenvalue weighted by molar-refractivity contribution is -0.182. The van der Waals surface area contributed by atoms with E-state index in [-0.39, 0.29) is 128 Å². The lowest BCUT2D eigenvalue weighted by Crippen LogP contribution is -2.65. The molecule has 4 aliphatic carbocycles. The van der Waals surface area contributed by atoms with Crippen molar-refractivity contribution in [2.24, 2.45) is 35.5 Å². The van der Waals surface area contributed by atoms with Crippen molar-refractivity contribution in [1.82, 2.24) is 60.5 Å². The molecule has 8 rings (SSSR count). The van der Waals surface area contributed by atoms with Gasteiger partial charge in [0.25, 0.3) is 0 Å². The maximum Gasteiger partial charge on any atom is 0.393 e. The third-order valence-electron chi connectivity index (χ3n) is 23.9. The number of halogens is 4. The normalized spacial score (nSPS) is 31.4. The average molecular weight is 1460 g/mol. The van der Waals surface area contributed by atoms with Gasteiger partial charge in [-0.25, -0.2) is 0 Å². The average Bonchev–Trinajstić information content (AvgIpc) is 1.38. The molecule has 0 aromatic heterocycles. The zero-order valence-electron chi connectivity index (χ0n) is 62.0. The molecule has 4 saturated heterocycles. The van der Waals surface area contributed by atoms with Gasteiger partial charge in [-0.2, -0.15) is 13.2 Å². The summed E-state index contributed by atoms with van der Waals surface area (Å²) in [7, 11) is 7.30. The summed E-state index contributed by atoms with van der Waals surface area (Å²) in [5, 5.41) is 10.4. The van der Waals surface area contributed by atoms with Gasteiger partial charge in [-0.05, 0) is 133 Å². The van der Waals surface area contributed by atoms with Crippen molar-refractivity contribution in [3.8, 4) is 0 Å². The molecule has 0 bridgehead atoms. The number of nitrogens with zero attached hydrogens (tertiary/aromatic N) is 8. The highest BCUT2D eigenvalue weighted by molar-refractivity contribution is 6.21. The Morgan fingerprint density at radius 3 is 1.87 bits per heavy atom. The second kappa shape index (κ2) is 36.1. The van der Waals surface area contributed by atoms with Gasteiger partial charge in [0.1, 0.15) is 59.9 Å². The zero-order valence-corrected chi connectivity index (χ0v) is 62.7. The SMILES string of the molecule is CC[C@H](C)[C@@H]1NC(=O)[C@H](CCC(C)C)N(C)C(=O)C[C@@H](C(=O)N2CCOCC2)N(C)C(=O)[C@H](C2CCCC2)N(C)C(=O)C2(CCCC2)NC(=O)[C@@H]2CCCN2C(=O)[C@H](CCC2CCC(C(F)(F)F)C(Cl)C2)NC(=O)CN(C)C(=O)[C@H](CC2CCCCC2)N(C)C(=O)[C@@H]2CCN2C(=O)[C@H](C)NC1=O. The van der Waals surface area contributed by atoms with Gasteiger partial charge >= 0.3 is 6.18 Å². The molecule has 574 valence electrons. The van der Waals surface area contributed by atoms with E-state index in [0.717, 1.165) is 44.9 Å². The molecule has 12 amide bonds. The number of carbonyl (C=O) groups is 12. The molecule has 13 atom stereocenters. The van der Waals surface area contributed by atoms with E-state index in [1.807, 2.05) is 20.8 Å². The number of hydrogen-bond acceptors (Lipinski definition) is 13. The molecule has 4 heterocycles. The fraction of sp³-hybridized carbons (Fsp3) is 0.836. The van der Waals surface area contributed by atoms with Crippen molar-refractivity contribution in [1.29, 1.82) is 0 Å². The molecule has 4 N–H and O–H groups in total. The van der Waals surface area contributed by atoms with Gasteiger partial charge in [0.15, 0.2) is 0 Å². The number of morpholine rings is 1. The highest BCUT2D eigenvalue weighted by atomic mass is 35.5. The van der Waals surface area contributed by atoms with Crippen LogP contribution in [-0.2, 0) is 62.3 Å². The highest BCUT2D eigenvalue weighted by Gasteiger charge is 2.53. The number of amides is 12. The van der Waals surface area contributed by atoms with Crippen molar-refractivity contribution in [2.45, 2.75) is 273 Å². The zero-order chi connectivity index (χ0) is 74.7. The predicted octanol–water partition coefficient (Wildman–Crippen LogP) is 5.52. The molecule has 25 nitrogen and oxygen atoms in total. The van der Waals surface area contributed by atoms with E-state index in [4.69, 9.17) is 16.3 Å². The summed E-state index contributed by atoms with van der Waals surface area (Å²) < 4.78 is 47.7. The van der Waals surface area contributed by atoms with E-state index in [1.54, 1.807) is 6.92 Å². The first-order chi connectivity index (χ1) is 48.3. The Morgan fingerprint density at radius 1 is 0.618 bits per heavy atom. The summed E-state index contributed by atoms with van der Waals surface area (Å²) in [6.07, 6.45) is 5.39. The Kier molecular flexibility index (Phi) is 28.8. The van der Waals surface area contributed by atoms with Crippen LogP contribution in [0.4, 0.5) is 13.2 Å². The second-order valence-electron chi connectivity index (χ2n) is 31.3. The summed E-state index contributed by atoms with van der Waals surface area (Å²) in [6.45, 7) is 9.36. The number of nitrogens with one attached hydrogen (secondary N) is 4. The molecule has 102 heavy (non-hydrogen) atoms. The van der Waals surface area contributed by atoms with E-state index >= 15 is 28.8 Å². The third kappa shape index (κ3) is 19.6. The molecular weight excluding hydrogens is 1350 g/mol. The van der Waals surface area contributed by atoms with Crippen molar-refractivity contribution in [3.05, 3.63) is 0 Å². The molecular formula is C73H116ClF3N12O13. The molecule has 4 aliphatic heterocycles. The lowest BCUT2D eigenvalue weighted by Gasteiger charge is -2.44. The summed E-state index contributed by atoms with van der Waals surface area (Å²) in [6, 6.07) is -10.9. The van der Waals surface area contributed by atoms with Gasteiger partial charge in [0.05, 0.1) is 32.1 Å². The van der Waals surface area contributed by atoms with Gasteiger partial charge in [0.2, 0.25) is 70.9 Å². The number of likely N-dealkylation sites (N-methyl/N-ethyl adjacent to an activating group) is 5. The topological polar surface area (TPSA) is 288 Å². The van der Waals surface area contributed by atoms with Crippen LogP contribution in [0.2, 0.25) is 0 Å². The van der Waals surface area contributed by atoms with Gasteiger partial charge in [0, 0.05) is 66.8 Å². The molecule has 0 aromatic carbocycles. The number of alkyl halides is 4. The van der Waals surface area contributed by atoms with Crippen molar-refractivity contribution < 1.29 is 75.4 Å². The number of ether oxygens (including phenoxy) is 1. The number of rotatable bonds is 12. The number of hydrogen-bond donors (Lipinski definition) is 4. The third-order valence-corrected chi connectivity index (χ3v) is 24.4. The Balaban J connectivity index is 1.16. The van der Waals surface area contributed by atoms with E-state index in [0.29, 0.717) is 44.9 Å². The van der Waals surface area contributed by atoms with Crippen molar-refractivity contribution in [3.63, 3.8) is 0 Å². The molecule has 29 heteroatoms. The van der Waals surface area contributed by atoms with Gasteiger partial charge < -0.3 is 65.2 Å². The quantitative estimate of drug-likeness (QED) is 0.175. The number of carbonyl (C=O) groups excluding carboxylic acids is 12. The maximum absolute atomic E-state index is 15.7. The first kappa shape index (κ1) is 81.4.